The molecule has 0 atom stereocenters. The van der Waals surface area contributed by atoms with Gasteiger partial charge in [-0.15, -0.1) is 0 Å². The largest absolute Gasteiger partial charge is 0.484 e. The molecule has 3 rings (SSSR count). The number of rotatable bonds is 12. The van der Waals surface area contributed by atoms with E-state index in [9.17, 15) is 13.2 Å². The van der Waals surface area contributed by atoms with Crippen LogP contribution in [0, 0.1) is 0 Å². The quantitative estimate of drug-likeness (QED) is 0.363. The van der Waals surface area contributed by atoms with E-state index in [0.29, 0.717) is 37.0 Å². The predicted molar refractivity (Wildman–Crippen MR) is 135 cm³/mol. The molecule has 0 spiro atoms. The Morgan fingerprint density at radius 2 is 1.79 bits per heavy atom. The van der Waals surface area contributed by atoms with Gasteiger partial charge in [0.15, 0.2) is 6.61 Å². The number of carbonyl (C=O) groups is 1. The van der Waals surface area contributed by atoms with Gasteiger partial charge < -0.3 is 15.4 Å². The van der Waals surface area contributed by atoms with E-state index in [2.05, 4.69) is 15.6 Å². The monoisotopic (exact) mass is 504 g/mol. The van der Waals surface area contributed by atoms with Gasteiger partial charge in [-0.1, -0.05) is 25.4 Å². The number of ether oxygens (including phenoxy) is 1. The second-order valence-corrected chi connectivity index (χ2v) is 9.87. The van der Waals surface area contributed by atoms with Crippen molar-refractivity contribution in [2.24, 2.45) is 0 Å². The minimum Gasteiger partial charge on any atom is -0.484 e. The smallest absolute Gasteiger partial charge is 0.257 e. The highest BCUT2D eigenvalue weighted by Crippen LogP contribution is 2.24. The normalized spacial score (nSPS) is 11.5. The number of anilines is 1. The molecule has 0 radical (unpaired) electrons. The van der Waals surface area contributed by atoms with Crippen LogP contribution in [-0.4, -0.2) is 56.4 Å². The minimum absolute atomic E-state index is 0.147. The van der Waals surface area contributed by atoms with E-state index in [1.165, 1.54) is 16.4 Å². The average Bonchev–Trinajstić information content (AvgIpc) is 2.83. The molecule has 182 valence electrons. The molecular weight excluding hydrogens is 476 g/mol. The van der Waals surface area contributed by atoms with Gasteiger partial charge in [-0.2, -0.15) is 4.31 Å². The van der Waals surface area contributed by atoms with E-state index in [4.69, 9.17) is 16.3 Å². The first kappa shape index (κ1) is 25.7. The second kappa shape index (κ2) is 12.0. The Morgan fingerprint density at radius 1 is 1.06 bits per heavy atom. The lowest BCUT2D eigenvalue weighted by atomic mass is 10.2. The topological polar surface area (TPSA) is 101 Å². The number of hydrogen-bond acceptors (Lipinski definition) is 6. The first-order valence-electron chi connectivity index (χ1n) is 11.1. The Balaban J connectivity index is 1.40. The maximum Gasteiger partial charge on any atom is 0.257 e. The van der Waals surface area contributed by atoms with E-state index in [-0.39, 0.29) is 17.4 Å². The summed E-state index contributed by atoms with van der Waals surface area (Å²) in [7, 11) is -3.52. The predicted octanol–water partition coefficient (Wildman–Crippen LogP) is 3.92. The number of hydrogen-bond donors (Lipinski definition) is 2. The SMILES string of the molecule is CCN(CC)S(=O)(=O)c1ccc(OCC(=O)NCCCNc2ccnc3cc(Cl)ccc23)cc1. The number of carbonyl (C=O) groups excluding carboxylic acids is 1. The van der Waals surface area contributed by atoms with Crippen LogP contribution in [-0.2, 0) is 14.8 Å². The van der Waals surface area contributed by atoms with Gasteiger partial charge in [0.25, 0.3) is 5.91 Å². The Bertz CT molecular complexity index is 1220. The van der Waals surface area contributed by atoms with Crippen LogP contribution in [0.2, 0.25) is 5.02 Å². The summed E-state index contributed by atoms with van der Waals surface area (Å²) in [6.45, 7) is 5.42. The molecule has 10 heteroatoms. The second-order valence-electron chi connectivity index (χ2n) is 7.50. The van der Waals surface area contributed by atoms with Crippen LogP contribution in [0.5, 0.6) is 5.75 Å². The zero-order valence-corrected chi connectivity index (χ0v) is 20.8. The van der Waals surface area contributed by atoms with E-state index in [0.717, 1.165) is 23.0 Å². The van der Waals surface area contributed by atoms with Gasteiger partial charge in [-0.25, -0.2) is 8.42 Å². The number of nitrogens with one attached hydrogen (secondary N) is 2. The van der Waals surface area contributed by atoms with Crippen LogP contribution in [0.3, 0.4) is 0 Å². The van der Waals surface area contributed by atoms with Gasteiger partial charge in [0.05, 0.1) is 10.4 Å². The van der Waals surface area contributed by atoms with Gasteiger partial charge in [-0.3, -0.25) is 9.78 Å². The molecule has 8 nitrogen and oxygen atoms in total. The number of benzene rings is 2. The zero-order valence-electron chi connectivity index (χ0n) is 19.3. The summed E-state index contributed by atoms with van der Waals surface area (Å²) in [4.78, 5) is 16.6. The molecule has 3 aromatic rings. The molecule has 34 heavy (non-hydrogen) atoms. The van der Waals surface area contributed by atoms with E-state index in [1.807, 2.05) is 24.3 Å². The van der Waals surface area contributed by atoms with Crippen molar-refractivity contribution in [2.75, 3.05) is 38.1 Å². The summed E-state index contributed by atoms with van der Waals surface area (Å²) in [6, 6.07) is 13.6. The fourth-order valence-corrected chi connectivity index (χ4v) is 5.06. The molecular formula is C24H29ClN4O4S. The third kappa shape index (κ3) is 6.59. The lowest BCUT2D eigenvalue weighted by Crippen LogP contribution is -2.31. The number of sulfonamides is 1. The molecule has 1 heterocycles. The standard InChI is InChI=1S/C24H29ClN4O4S/c1-3-29(4-2)34(31,32)20-9-7-19(8-10-20)33-17-24(30)28-14-5-13-26-22-12-15-27-23-16-18(25)6-11-21(22)23/h6-12,15-16H,3-5,13-14,17H2,1-2H3,(H,26,27)(H,28,30). The highest BCUT2D eigenvalue weighted by atomic mass is 35.5. The molecule has 0 aliphatic rings. The van der Waals surface area contributed by atoms with Crippen LogP contribution < -0.4 is 15.4 Å². The molecule has 1 aromatic heterocycles. The number of amides is 1. The van der Waals surface area contributed by atoms with Crippen LogP contribution in [0.4, 0.5) is 5.69 Å². The first-order chi connectivity index (χ1) is 16.3. The summed E-state index contributed by atoms with van der Waals surface area (Å²) < 4.78 is 31.9. The van der Waals surface area contributed by atoms with E-state index >= 15 is 0 Å². The molecule has 0 aliphatic carbocycles. The lowest BCUT2D eigenvalue weighted by molar-refractivity contribution is -0.123. The van der Waals surface area contributed by atoms with Gasteiger partial charge in [-0.05, 0) is 55.0 Å². The fraction of sp³-hybridized carbons (Fsp3) is 0.333. The van der Waals surface area contributed by atoms with E-state index < -0.39 is 10.0 Å². The van der Waals surface area contributed by atoms with Gasteiger partial charge in [0.1, 0.15) is 5.75 Å². The van der Waals surface area contributed by atoms with Gasteiger partial charge in [0.2, 0.25) is 10.0 Å². The molecule has 0 saturated heterocycles. The fourth-order valence-electron chi connectivity index (χ4n) is 3.43. The van der Waals surface area contributed by atoms with Crippen molar-refractivity contribution >= 4 is 44.1 Å². The molecule has 2 aromatic carbocycles. The summed E-state index contributed by atoms with van der Waals surface area (Å²) in [5.41, 5.74) is 1.78. The highest BCUT2D eigenvalue weighted by Gasteiger charge is 2.21. The van der Waals surface area contributed by atoms with Crippen LogP contribution >= 0.6 is 11.6 Å². The van der Waals surface area contributed by atoms with Crippen molar-refractivity contribution in [3.8, 4) is 5.75 Å². The maximum atomic E-state index is 12.5. The van der Waals surface area contributed by atoms with Crippen molar-refractivity contribution in [1.29, 1.82) is 0 Å². The number of aromatic nitrogens is 1. The summed E-state index contributed by atoms with van der Waals surface area (Å²) in [5.74, 6) is 0.184. The van der Waals surface area contributed by atoms with Crippen molar-refractivity contribution < 1.29 is 17.9 Å². The maximum absolute atomic E-state index is 12.5. The molecule has 0 bridgehead atoms. The third-order valence-electron chi connectivity index (χ3n) is 5.23. The average molecular weight is 505 g/mol. The molecule has 0 unspecified atom stereocenters. The van der Waals surface area contributed by atoms with Gasteiger partial charge in [0, 0.05) is 48.5 Å². The van der Waals surface area contributed by atoms with Crippen molar-refractivity contribution in [3.05, 3.63) is 59.8 Å². The Kier molecular flexibility index (Phi) is 9.09. The lowest BCUT2D eigenvalue weighted by Gasteiger charge is -2.18. The number of fused-ring (bicyclic) bond motifs is 1. The number of nitrogens with zero attached hydrogens (tertiary/aromatic N) is 2. The number of pyridine rings is 1. The Labute approximate surface area is 205 Å². The molecule has 1 amide bonds. The minimum atomic E-state index is -3.52. The first-order valence-corrected chi connectivity index (χ1v) is 12.9. The third-order valence-corrected chi connectivity index (χ3v) is 7.53. The molecule has 0 aliphatic heterocycles. The number of halogens is 1. The summed E-state index contributed by atoms with van der Waals surface area (Å²) >= 11 is 6.02. The zero-order chi connectivity index (χ0) is 24.6. The molecule has 2 N–H and O–H groups in total. The molecule has 0 fully saturated rings. The van der Waals surface area contributed by atoms with Crippen LogP contribution in [0.1, 0.15) is 20.3 Å². The van der Waals surface area contributed by atoms with Crippen molar-refractivity contribution in [2.45, 2.75) is 25.2 Å². The van der Waals surface area contributed by atoms with Gasteiger partial charge >= 0.3 is 0 Å². The summed E-state index contributed by atoms with van der Waals surface area (Å²) in [5, 5.41) is 7.80. The van der Waals surface area contributed by atoms with Crippen LogP contribution in [0.15, 0.2) is 59.6 Å². The summed E-state index contributed by atoms with van der Waals surface area (Å²) in [6.07, 6.45) is 2.45. The highest BCUT2D eigenvalue weighted by molar-refractivity contribution is 7.89. The van der Waals surface area contributed by atoms with E-state index in [1.54, 1.807) is 32.2 Å². The van der Waals surface area contributed by atoms with Crippen molar-refractivity contribution in [3.63, 3.8) is 0 Å². The molecule has 0 saturated carbocycles. The Hall–Kier alpha value is -2.88. The van der Waals surface area contributed by atoms with Crippen LogP contribution in [0.25, 0.3) is 10.9 Å². The van der Waals surface area contributed by atoms with Crippen molar-refractivity contribution in [1.82, 2.24) is 14.6 Å². The Morgan fingerprint density at radius 3 is 2.50 bits per heavy atom.